The normalized spacial score (nSPS) is 10.5. The van der Waals surface area contributed by atoms with Gasteiger partial charge in [-0.05, 0) is 35.0 Å². The largest absolute Gasteiger partial charge is 0.452 e. The van der Waals surface area contributed by atoms with Gasteiger partial charge in [-0.15, -0.1) is 11.3 Å². The quantitative estimate of drug-likeness (QED) is 0.231. The first-order valence-corrected chi connectivity index (χ1v) is 11.4. The minimum Gasteiger partial charge on any atom is -0.452 e. The molecular weight excluding hydrogens is 540 g/mol. The average molecular weight is 553 g/mol. The van der Waals surface area contributed by atoms with Crippen molar-refractivity contribution in [3.8, 4) is 0 Å². The number of nitrogens with one attached hydrogen (secondary N) is 1. The maximum absolute atomic E-state index is 12.6. The number of nitro groups is 2. The molecule has 0 atom stereocenters. The Labute approximate surface area is 202 Å². The van der Waals surface area contributed by atoms with Gasteiger partial charge in [0.15, 0.2) is 10.9 Å². The number of non-ortho nitro benzene ring substituents is 2. The number of aromatic nitrogens is 1. The van der Waals surface area contributed by atoms with Crippen molar-refractivity contribution >= 4 is 68.0 Å². The number of benzene rings is 2. The zero-order valence-corrected chi connectivity index (χ0v) is 19.9. The Morgan fingerprint density at radius 3 is 2.42 bits per heavy atom. The summed E-state index contributed by atoms with van der Waals surface area (Å²) in [4.78, 5) is 50.2. The Bertz CT molecular complexity index is 1260. The molecule has 3 rings (SSSR count). The molecule has 33 heavy (non-hydrogen) atoms. The number of nitrogens with zero attached hydrogens (tertiary/aromatic N) is 3. The van der Waals surface area contributed by atoms with Crippen molar-refractivity contribution < 1.29 is 24.2 Å². The maximum Gasteiger partial charge on any atom is 0.340 e. The molecule has 2 aromatic carbocycles. The first-order chi connectivity index (χ1) is 15.6. The molecule has 0 bridgehead atoms. The second-order valence-corrected chi connectivity index (χ2v) is 9.34. The summed E-state index contributed by atoms with van der Waals surface area (Å²) in [6.07, 6.45) is 0. The first kappa shape index (κ1) is 24.3. The van der Waals surface area contributed by atoms with Gasteiger partial charge in [0, 0.05) is 44.7 Å². The lowest BCUT2D eigenvalue weighted by atomic mass is 10.2. The molecule has 0 spiro atoms. The Morgan fingerprint density at radius 2 is 1.82 bits per heavy atom. The molecule has 3 aromatic rings. The van der Waals surface area contributed by atoms with Gasteiger partial charge in [-0.1, -0.05) is 11.8 Å². The summed E-state index contributed by atoms with van der Waals surface area (Å²) in [5, 5.41) is 26.2. The summed E-state index contributed by atoms with van der Waals surface area (Å²) in [6.45, 7) is 1.14. The molecule has 0 radical (unpaired) electrons. The van der Waals surface area contributed by atoms with Gasteiger partial charge in [-0.2, -0.15) is 0 Å². The molecule has 170 valence electrons. The van der Waals surface area contributed by atoms with E-state index in [1.165, 1.54) is 41.7 Å². The Balaban J connectivity index is 1.72. The first-order valence-electron chi connectivity index (χ1n) is 8.93. The van der Waals surface area contributed by atoms with Crippen LogP contribution in [0.5, 0.6) is 0 Å². The van der Waals surface area contributed by atoms with E-state index in [9.17, 15) is 29.8 Å². The van der Waals surface area contributed by atoms with Crippen LogP contribution in [0.4, 0.5) is 17.1 Å². The minimum atomic E-state index is -0.924. The van der Waals surface area contributed by atoms with Gasteiger partial charge < -0.3 is 10.1 Å². The third kappa shape index (κ3) is 6.34. The van der Waals surface area contributed by atoms with E-state index in [0.29, 0.717) is 9.24 Å². The van der Waals surface area contributed by atoms with Gasteiger partial charge in [-0.25, -0.2) is 9.78 Å². The predicted octanol–water partition coefficient (Wildman–Crippen LogP) is 4.98. The number of hydrogen-bond acceptors (Lipinski definition) is 10. The third-order valence-corrected chi connectivity index (χ3v) is 6.75. The summed E-state index contributed by atoms with van der Waals surface area (Å²) in [7, 11) is 0. The van der Waals surface area contributed by atoms with Crippen molar-refractivity contribution in [1.29, 1.82) is 0 Å². The lowest BCUT2D eigenvalue weighted by molar-refractivity contribution is -0.385. The summed E-state index contributed by atoms with van der Waals surface area (Å²) in [6, 6.07) is 7.51. The number of ether oxygens (including phenoxy) is 1. The molecule has 1 aromatic heterocycles. The van der Waals surface area contributed by atoms with Crippen LogP contribution < -0.4 is 5.32 Å². The number of carbonyl (C=O) groups excluding carboxylic acids is 2. The third-order valence-electron chi connectivity index (χ3n) is 3.96. The van der Waals surface area contributed by atoms with Crippen molar-refractivity contribution in [3.63, 3.8) is 0 Å². The van der Waals surface area contributed by atoms with E-state index in [1.807, 2.05) is 12.3 Å². The maximum atomic E-state index is 12.6. The number of hydrogen-bond donors (Lipinski definition) is 1. The van der Waals surface area contributed by atoms with E-state index in [-0.39, 0.29) is 27.1 Å². The van der Waals surface area contributed by atoms with Crippen LogP contribution in [0.3, 0.4) is 0 Å². The van der Waals surface area contributed by atoms with Gasteiger partial charge >= 0.3 is 5.97 Å². The highest BCUT2D eigenvalue weighted by Gasteiger charge is 2.21. The van der Waals surface area contributed by atoms with E-state index in [4.69, 9.17) is 4.74 Å². The highest BCUT2D eigenvalue weighted by atomic mass is 79.9. The number of halogens is 1. The van der Waals surface area contributed by atoms with Crippen LogP contribution in [0.15, 0.2) is 55.5 Å². The van der Waals surface area contributed by atoms with Crippen LogP contribution >= 0.6 is 39.0 Å². The molecule has 0 unspecified atom stereocenters. The molecule has 0 fully saturated rings. The number of thiazole rings is 1. The highest BCUT2D eigenvalue weighted by molar-refractivity contribution is 9.10. The number of rotatable bonds is 8. The molecule has 1 amide bonds. The van der Waals surface area contributed by atoms with Crippen LogP contribution in [0, 0.1) is 27.2 Å². The molecule has 0 aliphatic carbocycles. The van der Waals surface area contributed by atoms with Crippen LogP contribution in [-0.4, -0.2) is 33.3 Å². The fourth-order valence-electron chi connectivity index (χ4n) is 2.47. The van der Waals surface area contributed by atoms with Gasteiger partial charge in [0.1, 0.15) is 0 Å². The van der Waals surface area contributed by atoms with Crippen molar-refractivity contribution in [1.82, 2.24) is 4.98 Å². The monoisotopic (exact) mass is 552 g/mol. The summed E-state index contributed by atoms with van der Waals surface area (Å²) >= 11 is 5.63. The Morgan fingerprint density at radius 1 is 1.15 bits per heavy atom. The fourth-order valence-corrected chi connectivity index (χ4v) is 4.83. The summed E-state index contributed by atoms with van der Waals surface area (Å²) < 4.78 is 5.96. The molecule has 1 N–H and O–H groups in total. The number of carbonyl (C=O) groups is 2. The Hall–Kier alpha value is -3.36. The van der Waals surface area contributed by atoms with E-state index >= 15 is 0 Å². The van der Waals surface area contributed by atoms with Crippen molar-refractivity contribution in [2.45, 2.75) is 16.2 Å². The number of anilines is 1. The lowest BCUT2D eigenvalue weighted by Gasteiger charge is -2.10. The van der Waals surface area contributed by atoms with Gasteiger partial charge in [0.25, 0.3) is 17.3 Å². The standard InChI is InChI=1S/C19H13BrN4O7S2/c1-10-9-32-19(21-10)33-16-5-3-11(23(27)28)6-13(16)18(26)31-8-17(25)22-15-4-2-12(24(29)30)7-14(15)20/h2-7,9H,8H2,1H3,(H,22,25). The average Bonchev–Trinajstić information content (AvgIpc) is 3.18. The topological polar surface area (TPSA) is 155 Å². The molecule has 0 saturated carbocycles. The molecule has 1 heterocycles. The molecule has 14 heteroatoms. The van der Waals surface area contributed by atoms with Crippen LogP contribution in [0.2, 0.25) is 0 Å². The van der Waals surface area contributed by atoms with Crippen LogP contribution in [0.25, 0.3) is 0 Å². The zero-order chi connectivity index (χ0) is 24.1. The van der Waals surface area contributed by atoms with Crippen molar-refractivity contribution in [2.75, 3.05) is 11.9 Å². The second kappa shape index (κ2) is 10.5. The van der Waals surface area contributed by atoms with E-state index in [0.717, 1.165) is 23.5 Å². The van der Waals surface area contributed by atoms with Crippen molar-refractivity contribution in [2.24, 2.45) is 0 Å². The van der Waals surface area contributed by atoms with E-state index in [1.54, 1.807) is 0 Å². The minimum absolute atomic E-state index is 0.0774. The van der Waals surface area contributed by atoms with Crippen LogP contribution in [0.1, 0.15) is 16.1 Å². The van der Waals surface area contributed by atoms with Gasteiger partial charge in [0.2, 0.25) is 0 Å². The fraction of sp³-hybridized carbons (Fsp3) is 0.105. The Kier molecular flexibility index (Phi) is 7.73. The lowest BCUT2D eigenvalue weighted by Crippen LogP contribution is -2.21. The predicted molar refractivity (Wildman–Crippen MR) is 124 cm³/mol. The number of amides is 1. The molecule has 0 saturated heterocycles. The second-order valence-electron chi connectivity index (χ2n) is 6.34. The highest BCUT2D eigenvalue weighted by Crippen LogP contribution is 2.34. The SMILES string of the molecule is Cc1csc(Sc2ccc([N+](=O)[O-])cc2C(=O)OCC(=O)Nc2ccc([N+](=O)[O-])cc2Br)n1. The molecular formula is C19H13BrN4O7S2. The number of esters is 1. The summed E-state index contributed by atoms with van der Waals surface area (Å²) in [5.74, 6) is -1.62. The number of nitro benzene ring substituents is 2. The smallest absolute Gasteiger partial charge is 0.340 e. The number of aryl methyl sites for hydroxylation is 1. The zero-order valence-electron chi connectivity index (χ0n) is 16.6. The summed E-state index contributed by atoms with van der Waals surface area (Å²) in [5.41, 5.74) is 0.486. The molecule has 0 aliphatic heterocycles. The van der Waals surface area contributed by atoms with E-state index in [2.05, 4.69) is 26.2 Å². The van der Waals surface area contributed by atoms with Gasteiger partial charge in [-0.3, -0.25) is 25.0 Å². The van der Waals surface area contributed by atoms with Crippen LogP contribution in [-0.2, 0) is 9.53 Å². The van der Waals surface area contributed by atoms with Gasteiger partial charge in [0.05, 0.1) is 21.1 Å². The van der Waals surface area contributed by atoms with Crippen molar-refractivity contribution in [3.05, 3.63) is 77.7 Å². The molecule has 11 nitrogen and oxygen atoms in total. The van der Waals surface area contributed by atoms with E-state index < -0.39 is 28.3 Å². The molecule has 0 aliphatic rings.